The van der Waals surface area contributed by atoms with E-state index in [1.807, 2.05) is 0 Å². The van der Waals surface area contributed by atoms with E-state index in [1.54, 1.807) is 0 Å². The van der Waals surface area contributed by atoms with Crippen molar-refractivity contribution in [1.29, 1.82) is 0 Å². The predicted octanol–water partition coefficient (Wildman–Crippen LogP) is -1.26. The average molecular weight is 657 g/mol. The van der Waals surface area contributed by atoms with Crippen LogP contribution in [0.1, 0.15) is 18.7 Å². The average Bonchev–Trinajstić information content (AvgIpc) is 3.73. The fourth-order valence-corrected chi connectivity index (χ4v) is 7.78. The van der Waals surface area contributed by atoms with Crippen molar-refractivity contribution in [2.45, 2.75) is 49.2 Å². The number of ether oxygens (including phenoxy) is 1. The van der Waals surface area contributed by atoms with Crippen LogP contribution < -0.4 is 11.3 Å². The molecule has 236 valence electrons. The summed E-state index contributed by atoms with van der Waals surface area (Å²) in [5.74, 6) is -0.905. The first-order chi connectivity index (χ1) is 20.9. The maximum atomic E-state index is 13.1. The summed E-state index contributed by atoms with van der Waals surface area (Å²) in [5.41, 5.74) is 5.81. The third kappa shape index (κ3) is 5.05. The van der Waals surface area contributed by atoms with Crippen LogP contribution in [0.25, 0.3) is 22.3 Å². The second-order valence-electron chi connectivity index (χ2n) is 10.4. The molecule has 0 bridgehead atoms. The number of anilines is 1. The molecule has 21 nitrogen and oxygen atoms in total. The lowest BCUT2D eigenvalue weighted by atomic mass is 10.1. The second-order valence-corrected chi connectivity index (χ2v) is 13.2. The summed E-state index contributed by atoms with van der Waals surface area (Å²) in [5, 5.41) is 22.3. The lowest BCUT2D eigenvalue weighted by Gasteiger charge is -2.28. The molecule has 4 aromatic rings. The third-order valence-corrected chi connectivity index (χ3v) is 9.77. The molecule has 0 amide bonds. The molecule has 23 heteroatoms. The molecule has 2 aliphatic heterocycles. The number of hydrogen-bond donors (Lipinski definition) is 6. The number of phosphoric ester groups is 2. The molecule has 2 saturated heterocycles. The molecule has 0 spiro atoms. The van der Waals surface area contributed by atoms with E-state index in [4.69, 9.17) is 28.6 Å². The SMILES string of the molecule is Nc1ncnc2c1ncn2[C@@H]1O[C@@H]2COP(=O)(O)O[C@@H]3C(O)[C@H](n4cnc5c(=O)[nH]cnc54)C[C@@H]3COP(=O)(O)OC2[C@@H]1O. The molecule has 4 aromatic heterocycles. The molecule has 0 radical (unpaired) electrons. The molecule has 10 atom stereocenters. The highest BCUT2D eigenvalue weighted by atomic mass is 31.2. The highest BCUT2D eigenvalue weighted by Crippen LogP contribution is 2.55. The van der Waals surface area contributed by atoms with Crippen LogP contribution in [0.2, 0.25) is 0 Å². The van der Waals surface area contributed by atoms with Gasteiger partial charge in [-0.05, 0) is 6.42 Å². The molecule has 7 rings (SSSR count). The van der Waals surface area contributed by atoms with E-state index in [0.717, 1.165) is 12.7 Å². The molecule has 3 fully saturated rings. The maximum Gasteiger partial charge on any atom is 0.472 e. The molecule has 4 unspecified atom stereocenters. The second kappa shape index (κ2) is 10.7. The number of rotatable bonds is 2. The summed E-state index contributed by atoms with van der Waals surface area (Å²) >= 11 is 0. The number of nitrogens with two attached hydrogens (primary N) is 1. The van der Waals surface area contributed by atoms with Gasteiger partial charge in [-0.3, -0.25) is 27.5 Å². The van der Waals surface area contributed by atoms with Crippen LogP contribution in [0.5, 0.6) is 0 Å². The van der Waals surface area contributed by atoms with Crippen molar-refractivity contribution in [3.8, 4) is 0 Å². The van der Waals surface area contributed by atoms with Crippen molar-refractivity contribution in [3.63, 3.8) is 0 Å². The van der Waals surface area contributed by atoms with Crippen LogP contribution in [-0.4, -0.2) is 103 Å². The standard InChI is InChI=1S/C21H25N9O12P2/c22-17-11-18(24-4-23-17)30(7-27-11)21-14(32)16-10(40-21)3-39-44(36,37)41-15-8(2-38-43(34,35)42-16)1-9(13(15)31)29-6-28-12-19(29)25-5-26-20(12)33/h4-10,13-16,21,31-32H,1-3H2,(H,34,35)(H,36,37)(H2,22,23,24)(H,25,26,33)/t8-,9-,10-,13?,14+,15+,16?,21-/m1/s1. The first kappa shape index (κ1) is 29.5. The minimum Gasteiger partial charge on any atom is -0.388 e. The van der Waals surface area contributed by atoms with E-state index in [0.29, 0.717) is 0 Å². The lowest BCUT2D eigenvalue weighted by molar-refractivity contribution is -0.0606. The van der Waals surface area contributed by atoms with Gasteiger partial charge in [0.05, 0.1) is 38.2 Å². The smallest absolute Gasteiger partial charge is 0.388 e. The van der Waals surface area contributed by atoms with Crippen LogP contribution in [0.4, 0.5) is 5.82 Å². The highest BCUT2D eigenvalue weighted by Gasteiger charge is 2.53. The first-order valence-electron chi connectivity index (χ1n) is 13.1. The van der Waals surface area contributed by atoms with Crippen molar-refractivity contribution >= 4 is 43.8 Å². The van der Waals surface area contributed by atoms with Gasteiger partial charge in [0, 0.05) is 5.92 Å². The summed E-state index contributed by atoms with van der Waals surface area (Å²) in [6.07, 6.45) is -4.12. The Morgan fingerprint density at radius 2 is 1.57 bits per heavy atom. The number of aromatic nitrogens is 8. The third-order valence-electron chi connectivity index (χ3n) is 7.80. The minimum absolute atomic E-state index is 0.00445. The van der Waals surface area contributed by atoms with Crippen molar-refractivity contribution in [2.24, 2.45) is 5.92 Å². The normalized spacial score (nSPS) is 38.3. The van der Waals surface area contributed by atoms with Gasteiger partial charge in [-0.2, -0.15) is 0 Å². The Morgan fingerprint density at radius 3 is 2.36 bits per heavy atom. The number of fused-ring (bicyclic) bond motifs is 4. The number of imidazole rings is 2. The molecule has 3 aliphatic rings. The Morgan fingerprint density at radius 1 is 0.886 bits per heavy atom. The van der Waals surface area contributed by atoms with Gasteiger partial charge in [0.2, 0.25) is 0 Å². The van der Waals surface area contributed by atoms with Crippen molar-refractivity contribution in [1.82, 2.24) is 39.0 Å². The van der Waals surface area contributed by atoms with Crippen LogP contribution in [0, 0.1) is 5.92 Å². The monoisotopic (exact) mass is 657 g/mol. The van der Waals surface area contributed by atoms with E-state index in [2.05, 4.69) is 29.9 Å². The highest BCUT2D eigenvalue weighted by molar-refractivity contribution is 7.47. The zero-order valence-electron chi connectivity index (χ0n) is 22.2. The van der Waals surface area contributed by atoms with Crippen LogP contribution in [0.15, 0.2) is 30.1 Å². The molecule has 1 saturated carbocycles. The zero-order chi connectivity index (χ0) is 31.0. The Kier molecular flexibility index (Phi) is 7.18. The van der Waals surface area contributed by atoms with Gasteiger partial charge in [0.25, 0.3) is 5.56 Å². The maximum absolute atomic E-state index is 13.1. The van der Waals surface area contributed by atoms with E-state index in [-0.39, 0.29) is 34.6 Å². The number of nitrogens with one attached hydrogen (secondary N) is 1. The van der Waals surface area contributed by atoms with Gasteiger partial charge in [0.1, 0.15) is 42.4 Å². The molecule has 6 heterocycles. The van der Waals surface area contributed by atoms with Gasteiger partial charge >= 0.3 is 15.6 Å². The Balaban J connectivity index is 1.17. The number of phosphoric acid groups is 2. The van der Waals surface area contributed by atoms with Gasteiger partial charge in [-0.1, -0.05) is 0 Å². The van der Waals surface area contributed by atoms with Gasteiger partial charge in [-0.15, -0.1) is 0 Å². The number of H-pyrrole nitrogens is 1. The van der Waals surface area contributed by atoms with E-state index in [1.165, 1.54) is 21.8 Å². The van der Waals surface area contributed by atoms with E-state index in [9.17, 15) is 33.9 Å². The first-order valence-corrected chi connectivity index (χ1v) is 16.1. The number of aliphatic hydroxyl groups is 2. The summed E-state index contributed by atoms with van der Waals surface area (Å²) < 4.78 is 55.9. The van der Waals surface area contributed by atoms with E-state index >= 15 is 0 Å². The summed E-state index contributed by atoms with van der Waals surface area (Å²) in [4.78, 5) is 55.9. The summed E-state index contributed by atoms with van der Waals surface area (Å²) in [7, 11) is -9.89. The largest absolute Gasteiger partial charge is 0.472 e. The van der Waals surface area contributed by atoms with Gasteiger partial charge in [-0.25, -0.2) is 34.0 Å². The Hall–Kier alpha value is -3.20. The molecular formula is C21H25N9O12P2. The fourth-order valence-electron chi connectivity index (χ4n) is 5.77. The van der Waals surface area contributed by atoms with Crippen LogP contribution in [-0.2, 0) is 32.0 Å². The predicted molar refractivity (Wildman–Crippen MR) is 142 cm³/mol. The van der Waals surface area contributed by atoms with Gasteiger partial charge in [0.15, 0.2) is 28.9 Å². The fraction of sp³-hybridized carbons (Fsp3) is 0.524. The summed E-state index contributed by atoms with van der Waals surface area (Å²) in [6.45, 7) is -1.35. The topological polar surface area (TPSA) is 294 Å². The van der Waals surface area contributed by atoms with Gasteiger partial charge < -0.3 is 40.0 Å². The number of nitrogen functional groups attached to an aromatic ring is 1. The van der Waals surface area contributed by atoms with Crippen molar-refractivity contribution in [3.05, 3.63) is 35.7 Å². The quantitative estimate of drug-likeness (QED) is 0.137. The molecule has 44 heavy (non-hydrogen) atoms. The van der Waals surface area contributed by atoms with E-state index < -0.39 is 83.1 Å². The number of aliphatic hydroxyl groups excluding tert-OH is 2. The number of hydrogen-bond acceptors (Lipinski definition) is 16. The molecule has 1 aliphatic carbocycles. The number of nitrogens with zero attached hydrogens (tertiary/aromatic N) is 7. The molecule has 7 N–H and O–H groups in total. The molecular weight excluding hydrogens is 632 g/mol. The van der Waals surface area contributed by atoms with Crippen LogP contribution in [0.3, 0.4) is 0 Å². The zero-order valence-corrected chi connectivity index (χ0v) is 24.0. The minimum atomic E-state index is -4.95. The van der Waals surface area contributed by atoms with Crippen LogP contribution >= 0.6 is 15.6 Å². The molecule has 0 aromatic carbocycles. The summed E-state index contributed by atoms with van der Waals surface area (Å²) in [6, 6.07) is -0.898. The Labute approximate surface area is 244 Å². The van der Waals surface area contributed by atoms with Crippen molar-refractivity contribution in [2.75, 3.05) is 18.9 Å². The Bertz CT molecular complexity index is 1880. The lowest BCUT2D eigenvalue weighted by Crippen LogP contribution is -2.37. The number of aromatic amines is 1. The van der Waals surface area contributed by atoms with Crippen molar-refractivity contribution < 1.29 is 52.0 Å².